The van der Waals surface area contributed by atoms with Crippen molar-refractivity contribution in [3.8, 4) is 0 Å². The topological polar surface area (TPSA) is 121 Å². The molecular formula is C24H35N3O5. The van der Waals surface area contributed by atoms with Gasteiger partial charge < -0.3 is 20.7 Å². The van der Waals surface area contributed by atoms with Crippen LogP contribution in [0.5, 0.6) is 0 Å². The molecule has 3 amide bonds. The van der Waals surface area contributed by atoms with Gasteiger partial charge in [-0.05, 0) is 31.7 Å². The van der Waals surface area contributed by atoms with Crippen molar-refractivity contribution < 1.29 is 24.0 Å². The lowest BCUT2D eigenvalue weighted by atomic mass is 9.94. The van der Waals surface area contributed by atoms with E-state index in [0.29, 0.717) is 25.9 Å². The smallest absolute Gasteiger partial charge is 0.230 e. The van der Waals surface area contributed by atoms with Crippen LogP contribution in [-0.2, 0) is 30.4 Å². The summed E-state index contributed by atoms with van der Waals surface area (Å²) in [6, 6.07) is 9.31. The fourth-order valence-electron chi connectivity index (χ4n) is 3.12. The molecule has 0 spiro atoms. The summed E-state index contributed by atoms with van der Waals surface area (Å²) >= 11 is 0. The number of unbranched alkanes of at least 4 members (excludes halogenated alkanes) is 2. The number of Topliss-reactive ketones (excluding diaryl/α,β-unsaturated/α-hetero) is 1. The van der Waals surface area contributed by atoms with Gasteiger partial charge in [0.2, 0.25) is 17.7 Å². The van der Waals surface area contributed by atoms with Gasteiger partial charge in [0.15, 0.2) is 5.78 Å². The molecule has 1 aromatic carbocycles. The maximum Gasteiger partial charge on any atom is 0.230 e. The molecule has 0 heterocycles. The van der Waals surface area contributed by atoms with Crippen molar-refractivity contribution in [1.29, 1.82) is 0 Å². The number of nitrogens with one attached hydrogen (secondary N) is 3. The van der Waals surface area contributed by atoms with E-state index in [1.807, 2.05) is 30.3 Å². The highest BCUT2D eigenvalue weighted by molar-refractivity contribution is 6.03. The number of carbonyl (C=O) groups is 5. The third-order valence-corrected chi connectivity index (χ3v) is 5.08. The first-order valence-corrected chi connectivity index (χ1v) is 11.2. The molecule has 0 aliphatic rings. The van der Waals surface area contributed by atoms with E-state index in [1.54, 1.807) is 13.8 Å². The summed E-state index contributed by atoms with van der Waals surface area (Å²) in [4.78, 5) is 59.1. The molecule has 1 aromatic rings. The Balaban J connectivity index is 2.33. The minimum absolute atomic E-state index is 0.148. The summed E-state index contributed by atoms with van der Waals surface area (Å²) in [5, 5.41) is 8.07. The molecule has 0 saturated heterocycles. The monoisotopic (exact) mass is 445 g/mol. The van der Waals surface area contributed by atoms with Gasteiger partial charge in [-0.3, -0.25) is 19.2 Å². The van der Waals surface area contributed by atoms with Crippen LogP contribution in [0, 0.1) is 11.8 Å². The van der Waals surface area contributed by atoms with E-state index >= 15 is 0 Å². The normalized spacial score (nSPS) is 12.3. The molecule has 0 saturated carbocycles. The van der Waals surface area contributed by atoms with Crippen LogP contribution in [-0.4, -0.2) is 49.4 Å². The Kier molecular flexibility index (Phi) is 13.3. The molecule has 1 rings (SSSR count). The second kappa shape index (κ2) is 15.7. The van der Waals surface area contributed by atoms with E-state index in [0.717, 1.165) is 24.7 Å². The predicted octanol–water partition coefficient (Wildman–Crippen LogP) is 1.57. The van der Waals surface area contributed by atoms with Gasteiger partial charge in [0.25, 0.3) is 0 Å². The first-order valence-electron chi connectivity index (χ1n) is 11.2. The number of hydrogen-bond donors (Lipinski definition) is 3. The first kappa shape index (κ1) is 27.0. The zero-order valence-electron chi connectivity index (χ0n) is 19.0. The standard InChI is InChI=1S/C24H35N3O5/c1-3-25-24(32)20(16-19-10-6-4-7-11-19)21(29)17-27-22(30)12-8-5-9-14-26-23(31)18(2)13-15-28/h4,6-7,10-11,15,18,20H,3,5,8-9,12-14,16-17H2,1-2H3,(H,25,32)(H,26,31)(H,27,30). The van der Waals surface area contributed by atoms with Gasteiger partial charge in [0.1, 0.15) is 12.2 Å². The Morgan fingerprint density at radius 2 is 1.66 bits per heavy atom. The Hall–Kier alpha value is -3.03. The number of rotatable bonds is 16. The van der Waals surface area contributed by atoms with Crippen molar-refractivity contribution in [3.05, 3.63) is 35.9 Å². The molecule has 0 radical (unpaired) electrons. The minimum atomic E-state index is -0.845. The van der Waals surface area contributed by atoms with Crippen molar-refractivity contribution in [2.75, 3.05) is 19.6 Å². The van der Waals surface area contributed by atoms with Gasteiger partial charge in [-0.1, -0.05) is 43.7 Å². The Bertz CT molecular complexity index is 751. The molecule has 8 heteroatoms. The number of ketones is 1. The van der Waals surface area contributed by atoms with E-state index in [9.17, 15) is 24.0 Å². The molecular weight excluding hydrogens is 410 g/mol. The van der Waals surface area contributed by atoms with Crippen LogP contribution < -0.4 is 16.0 Å². The van der Waals surface area contributed by atoms with Crippen LogP contribution in [0.1, 0.15) is 51.5 Å². The third-order valence-electron chi connectivity index (χ3n) is 5.08. The van der Waals surface area contributed by atoms with Crippen LogP contribution in [0.3, 0.4) is 0 Å². The molecule has 0 aromatic heterocycles. The lowest BCUT2D eigenvalue weighted by Gasteiger charge is -2.16. The fraction of sp³-hybridized carbons (Fsp3) is 0.542. The largest absolute Gasteiger partial charge is 0.356 e. The van der Waals surface area contributed by atoms with Crippen molar-refractivity contribution in [1.82, 2.24) is 16.0 Å². The molecule has 8 nitrogen and oxygen atoms in total. The minimum Gasteiger partial charge on any atom is -0.356 e. The van der Waals surface area contributed by atoms with E-state index in [4.69, 9.17) is 0 Å². The maximum absolute atomic E-state index is 12.6. The molecule has 0 bridgehead atoms. The van der Waals surface area contributed by atoms with Gasteiger partial charge in [0.05, 0.1) is 6.54 Å². The van der Waals surface area contributed by atoms with Gasteiger partial charge in [-0.15, -0.1) is 0 Å². The lowest BCUT2D eigenvalue weighted by molar-refractivity contribution is -0.135. The molecule has 0 aliphatic carbocycles. The number of hydrogen-bond acceptors (Lipinski definition) is 5. The maximum atomic E-state index is 12.6. The molecule has 2 atom stereocenters. The van der Waals surface area contributed by atoms with Gasteiger partial charge in [-0.2, -0.15) is 0 Å². The molecule has 176 valence electrons. The Morgan fingerprint density at radius 1 is 0.938 bits per heavy atom. The van der Waals surface area contributed by atoms with Crippen molar-refractivity contribution in [2.45, 2.75) is 52.4 Å². The highest BCUT2D eigenvalue weighted by Crippen LogP contribution is 2.10. The average Bonchev–Trinajstić information content (AvgIpc) is 2.78. The quantitative estimate of drug-likeness (QED) is 0.203. The lowest BCUT2D eigenvalue weighted by Crippen LogP contribution is -2.41. The SMILES string of the molecule is CCNC(=O)C(Cc1ccccc1)C(=O)CNC(=O)CCCCCNC(=O)C(C)CC=O. The average molecular weight is 446 g/mol. The summed E-state index contributed by atoms with van der Waals surface area (Å²) in [5.74, 6) is -2.22. The molecule has 32 heavy (non-hydrogen) atoms. The van der Waals surface area contributed by atoms with Crippen molar-refractivity contribution >= 4 is 29.8 Å². The highest BCUT2D eigenvalue weighted by Gasteiger charge is 2.26. The predicted molar refractivity (Wildman–Crippen MR) is 122 cm³/mol. The summed E-state index contributed by atoms with van der Waals surface area (Å²) < 4.78 is 0. The first-order chi connectivity index (χ1) is 15.4. The van der Waals surface area contributed by atoms with E-state index in [2.05, 4.69) is 16.0 Å². The summed E-state index contributed by atoms with van der Waals surface area (Å²) in [7, 11) is 0. The van der Waals surface area contributed by atoms with Crippen molar-refractivity contribution in [3.63, 3.8) is 0 Å². The van der Waals surface area contributed by atoms with Gasteiger partial charge in [-0.25, -0.2) is 0 Å². The Morgan fingerprint density at radius 3 is 2.31 bits per heavy atom. The second-order valence-electron chi connectivity index (χ2n) is 7.79. The third kappa shape index (κ3) is 10.8. The highest BCUT2D eigenvalue weighted by atomic mass is 16.2. The number of benzene rings is 1. The zero-order chi connectivity index (χ0) is 23.8. The Labute approximate surface area is 189 Å². The van der Waals surface area contributed by atoms with Crippen LogP contribution in [0.2, 0.25) is 0 Å². The second-order valence-corrected chi connectivity index (χ2v) is 7.79. The number of amides is 3. The van der Waals surface area contributed by atoms with Crippen LogP contribution in [0.25, 0.3) is 0 Å². The zero-order valence-corrected chi connectivity index (χ0v) is 19.0. The molecule has 2 unspecified atom stereocenters. The van der Waals surface area contributed by atoms with Crippen LogP contribution >= 0.6 is 0 Å². The number of carbonyl (C=O) groups excluding carboxylic acids is 5. The van der Waals surface area contributed by atoms with Crippen LogP contribution in [0.4, 0.5) is 0 Å². The van der Waals surface area contributed by atoms with E-state index in [1.165, 1.54) is 0 Å². The molecule has 0 aliphatic heterocycles. The van der Waals surface area contributed by atoms with Crippen molar-refractivity contribution in [2.24, 2.45) is 11.8 Å². The summed E-state index contributed by atoms with van der Waals surface area (Å²) in [5.41, 5.74) is 0.885. The van der Waals surface area contributed by atoms with E-state index < -0.39 is 5.92 Å². The molecule has 0 fully saturated rings. The summed E-state index contributed by atoms with van der Waals surface area (Å²) in [6.45, 7) is 4.24. The molecule has 3 N–H and O–H groups in total. The van der Waals surface area contributed by atoms with E-state index in [-0.39, 0.29) is 48.8 Å². The summed E-state index contributed by atoms with van der Waals surface area (Å²) in [6.07, 6.45) is 3.60. The van der Waals surface area contributed by atoms with Gasteiger partial charge >= 0.3 is 0 Å². The number of aldehydes is 1. The van der Waals surface area contributed by atoms with Gasteiger partial charge in [0, 0.05) is 31.8 Å². The van der Waals surface area contributed by atoms with Crippen LogP contribution in [0.15, 0.2) is 30.3 Å². The fourth-order valence-corrected chi connectivity index (χ4v) is 3.12.